The molecule has 110 valence electrons. The molecule has 0 unspecified atom stereocenters. The van der Waals surface area contributed by atoms with Crippen LogP contribution in [0.3, 0.4) is 0 Å². The molecule has 1 aromatic rings. The standard InChI is InChI=1S/C17H25FOSi/c1-16(2,3)20(6,7)19-14-11-17(4,5)12-9-8-10-13(18)15(12)14/h8-11H,1-7H3. The van der Waals surface area contributed by atoms with E-state index in [-0.39, 0.29) is 16.3 Å². The van der Waals surface area contributed by atoms with Gasteiger partial charge in [0.05, 0.1) is 5.56 Å². The number of halogens is 1. The molecule has 1 aliphatic rings. The van der Waals surface area contributed by atoms with Crippen LogP contribution >= 0.6 is 0 Å². The zero-order chi connectivity index (χ0) is 15.3. The zero-order valence-corrected chi connectivity index (χ0v) is 14.6. The average Bonchev–Trinajstić information content (AvgIpc) is 2.49. The van der Waals surface area contributed by atoms with Gasteiger partial charge in [-0.2, -0.15) is 0 Å². The van der Waals surface area contributed by atoms with Gasteiger partial charge in [-0.3, -0.25) is 0 Å². The second-order valence-electron chi connectivity index (χ2n) is 7.76. The first-order valence-electron chi connectivity index (χ1n) is 7.17. The first-order chi connectivity index (χ1) is 8.96. The highest BCUT2D eigenvalue weighted by Gasteiger charge is 2.42. The predicted octanol–water partition coefficient (Wildman–Crippen LogP) is 5.48. The van der Waals surface area contributed by atoms with E-state index in [1.165, 1.54) is 6.07 Å². The average molecular weight is 292 g/mol. The molecular weight excluding hydrogens is 267 g/mol. The SMILES string of the molecule is CC1(C)C=C(O[Si](C)(C)C(C)(C)C)c2c(F)cccc21. The summed E-state index contributed by atoms with van der Waals surface area (Å²) in [5, 5.41) is 0.103. The Morgan fingerprint density at radius 2 is 1.75 bits per heavy atom. The van der Waals surface area contributed by atoms with Gasteiger partial charge in [-0.15, -0.1) is 0 Å². The molecule has 1 aliphatic carbocycles. The molecule has 0 aliphatic heterocycles. The van der Waals surface area contributed by atoms with Crippen molar-refractivity contribution in [1.29, 1.82) is 0 Å². The molecule has 0 saturated heterocycles. The third-order valence-corrected chi connectivity index (χ3v) is 8.96. The van der Waals surface area contributed by atoms with Crippen LogP contribution in [0.2, 0.25) is 18.1 Å². The van der Waals surface area contributed by atoms with Gasteiger partial charge in [0.2, 0.25) is 8.32 Å². The summed E-state index contributed by atoms with van der Waals surface area (Å²) in [7, 11) is -1.96. The highest BCUT2D eigenvalue weighted by Crippen LogP contribution is 2.46. The van der Waals surface area contributed by atoms with Gasteiger partial charge in [0.15, 0.2) is 0 Å². The van der Waals surface area contributed by atoms with Gasteiger partial charge < -0.3 is 4.43 Å². The fourth-order valence-electron chi connectivity index (χ4n) is 2.30. The number of benzene rings is 1. The summed E-state index contributed by atoms with van der Waals surface area (Å²) in [4.78, 5) is 0. The number of hydrogen-bond donors (Lipinski definition) is 0. The molecule has 0 heterocycles. The maximum absolute atomic E-state index is 14.3. The molecule has 0 spiro atoms. The summed E-state index contributed by atoms with van der Waals surface area (Å²) >= 11 is 0. The van der Waals surface area contributed by atoms with Crippen LogP contribution in [-0.4, -0.2) is 8.32 Å². The molecule has 0 aromatic heterocycles. The van der Waals surface area contributed by atoms with Crippen LogP contribution < -0.4 is 0 Å². The zero-order valence-electron chi connectivity index (χ0n) is 13.6. The number of fused-ring (bicyclic) bond motifs is 1. The van der Waals surface area contributed by atoms with E-state index in [4.69, 9.17) is 4.43 Å². The maximum Gasteiger partial charge on any atom is 0.250 e. The minimum Gasteiger partial charge on any atom is -0.543 e. The monoisotopic (exact) mass is 292 g/mol. The minimum absolute atomic E-state index is 0.103. The van der Waals surface area contributed by atoms with Gasteiger partial charge in [0, 0.05) is 5.41 Å². The summed E-state index contributed by atoms with van der Waals surface area (Å²) in [5.41, 5.74) is 1.50. The fraction of sp³-hybridized carbons (Fsp3) is 0.529. The number of allylic oxidation sites excluding steroid dienone is 1. The Morgan fingerprint density at radius 3 is 2.30 bits per heavy atom. The maximum atomic E-state index is 14.3. The van der Waals surface area contributed by atoms with Gasteiger partial charge >= 0.3 is 0 Å². The lowest BCUT2D eigenvalue weighted by molar-refractivity contribution is 0.454. The van der Waals surface area contributed by atoms with Crippen molar-refractivity contribution in [3.05, 3.63) is 41.2 Å². The van der Waals surface area contributed by atoms with Crippen molar-refractivity contribution in [2.75, 3.05) is 0 Å². The molecule has 3 heteroatoms. The van der Waals surface area contributed by atoms with Crippen molar-refractivity contribution in [1.82, 2.24) is 0 Å². The van der Waals surface area contributed by atoms with Crippen molar-refractivity contribution in [3.63, 3.8) is 0 Å². The van der Waals surface area contributed by atoms with E-state index in [0.717, 1.165) is 11.3 Å². The lowest BCUT2D eigenvalue weighted by Crippen LogP contribution is -2.40. The molecule has 1 nitrogen and oxygen atoms in total. The lowest BCUT2D eigenvalue weighted by atomic mass is 9.87. The molecule has 0 saturated carbocycles. The first kappa shape index (κ1) is 15.3. The molecule has 0 fully saturated rings. The fourth-order valence-corrected chi connectivity index (χ4v) is 3.31. The van der Waals surface area contributed by atoms with E-state index in [2.05, 4.69) is 53.8 Å². The Kier molecular flexibility index (Phi) is 3.41. The highest BCUT2D eigenvalue weighted by molar-refractivity contribution is 6.74. The summed E-state index contributed by atoms with van der Waals surface area (Å²) in [5.74, 6) is 0.549. The van der Waals surface area contributed by atoms with E-state index in [1.807, 2.05) is 6.07 Å². The molecule has 0 N–H and O–H groups in total. The van der Waals surface area contributed by atoms with Crippen molar-refractivity contribution in [2.24, 2.45) is 0 Å². The smallest absolute Gasteiger partial charge is 0.250 e. The van der Waals surface area contributed by atoms with Gasteiger partial charge in [0.1, 0.15) is 11.6 Å². The van der Waals surface area contributed by atoms with Crippen LogP contribution in [0.15, 0.2) is 24.3 Å². The van der Waals surface area contributed by atoms with Crippen LogP contribution in [0, 0.1) is 5.82 Å². The summed E-state index contributed by atoms with van der Waals surface area (Å²) in [6.07, 6.45) is 2.07. The molecule has 0 bridgehead atoms. The largest absolute Gasteiger partial charge is 0.543 e. The van der Waals surface area contributed by atoms with Crippen LogP contribution in [0.5, 0.6) is 0 Å². The van der Waals surface area contributed by atoms with E-state index in [1.54, 1.807) is 6.07 Å². The normalized spacial score (nSPS) is 17.7. The first-order valence-corrected chi connectivity index (χ1v) is 10.1. The van der Waals surface area contributed by atoms with Crippen LogP contribution in [0.25, 0.3) is 5.76 Å². The Bertz CT molecular complexity index is 565. The Labute approximate surface area is 123 Å². The van der Waals surface area contributed by atoms with Crippen molar-refractivity contribution < 1.29 is 8.82 Å². The van der Waals surface area contributed by atoms with E-state index in [0.29, 0.717) is 5.56 Å². The molecule has 0 atom stereocenters. The Balaban J connectivity index is 2.47. The van der Waals surface area contributed by atoms with Crippen LogP contribution in [0.1, 0.15) is 45.7 Å². The van der Waals surface area contributed by atoms with Gasteiger partial charge in [0.25, 0.3) is 0 Å². The van der Waals surface area contributed by atoms with Gasteiger partial charge in [-0.05, 0) is 35.8 Å². The molecule has 0 amide bonds. The lowest BCUT2D eigenvalue weighted by Gasteiger charge is -2.37. The number of rotatable bonds is 2. The van der Waals surface area contributed by atoms with Crippen molar-refractivity contribution in [2.45, 2.75) is 58.2 Å². The van der Waals surface area contributed by atoms with Gasteiger partial charge in [-0.25, -0.2) is 4.39 Å². The molecule has 0 radical (unpaired) electrons. The summed E-state index contributed by atoms with van der Waals surface area (Å²) < 4.78 is 20.6. The second kappa shape index (κ2) is 4.45. The minimum atomic E-state index is -1.96. The van der Waals surface area contributed by atoms with E-state index < -0.39 is 8.32 Å². The van der Waals surface area contributed by atoms with Gasteiger partial charge in [-0.1, -0.05) is 46.8 Å². The number of hydrogen-bond acceptors (Lipinski definition) is 1. The third-order valence-electron chi connectivity index (χ3n) is 4.62. The third kappa shape index (κ3) is 2.44. The topological polar surface area (TPSA) is 9.23 Å². The van der Waals surface area contributed by atoms with E-state index in [9.17, 15) is 4.39 Å². The second-order valence-corrected chi connectivity index (χ2v) is 12.5. The Hall–Kier alpha value is -1.09. The highest BCUT2D eigenvalue weighted by atomic mass is 28.4. The van der Waals surface area contributed by atoms with Crippen molar-refractivity contribution in [3.8, 4) is 0 Å². The van der Waals surface area contributed by atoms with Crippen LogP contribution in [-0.2, 0) is 9.84 Å². The molecule has 1 aromatic carbocycles. The summed E-state index contributed by atoms with van der Waals surface area (Å²) in [6, 6.07) is 5.29. The van der Waals surface area contributed by atoms with Crippen LogP contribution in [0.4, 0.5) is 4.39 Å². The molecule has 2 rings (SSSR count). The van der Waals surface area contributed by atoms with Crippen molar-refractivity contribution >= 4 is 14.1 Å². The quantitative estimate of drug-likeness (QED) is 0.656. The summed E-state index contributed by atoms with van der Waals surface area (Å²) in [6.45, 7) is 15.2. The Morgan fingerprint density at radius 1 is 1.15 bits per heavy atom. The predicted molar refractivity (Wildman–Crippen MR) is 85.7 cm³/mol. The molecule has 20 heavy (non-hydrogen) atoms. The van der Waals surface area contributed by atoms with E-state index >= 15 is 0 Å². The molecular formula is C17H25FOSi.